The summed E-state index contributed by atoms with van der Waals surface area (Å²) >= 11 is 0. The van der Waals surface area contributed by atoms with Gasteiger partial charge in [0.05, 0.1) is 0 Å². The summed E-state index contributed by atoms with van der Waals surface area (Å²) in [4.78, 5) is 2.56. The second kappa shape index (κ2) is 9.11. The van der Waals surface area contributed by atoms with E-state index in [1.54, 1.807) is 0 Å². The summed E-state index contributed by atoms with van der Waals surface area (Å²) in [5.41, 5.74) is 2.83. The lowest BCUT2D eigenvalue weighted by atomic mass is 9.98. The largest absolute Gasteiger partial charge is 0.313 e. The highest BCUT2D eigenvalue weighted by Crippen LogP contribution is 2.20. The summed E-state index contributed by atoms with van der Waals surface area (Å²) in [5, 5.41) is 3.47. The van der Waals surface area contributed by atoms with E-state index in [0.717, 1.165) is 6.54 Å². The first-order valence-corrected chi connectivity index (χ1v) is 7.68. The highest BCUT2D eigenvalue weighted by atomic mass is 15.1. The predicted molar refractivity (Wildman–Crippen MR) is 84.6 cm³/mol. The molecular weight excluding hydrogens is 232 g/mol. The summed E-state index contributed by atoms with van der Waals surface area (Å²) in [6.07, 6.45) is 3.77. The molecule has 0 aromatic heterocycles. The van der Waals surface area contributed by atoms with Crippen molar-refractivity contribution in [2.24, 2.45) is 0 Å². The Balaban J connectivity index is 2.55. The quantitative estimate of drug-likeness (QED) is 0.729. The summed E-state index contributed by atoms with van der Waals surface area (Å²) in [6, 6.07) is 9.18. The van der Waals surface area contributed by atoms with Crippen molar-refractivity contribution in [2.45, 2.75) is 46.1 Å². The molecule has 19 heavy (non-hydrogen) atoms. The van der Waals surface area contributed by atoms with E-state index in [1.807, 2.05) is 0 Å². The zero-order valence-corrected chi connectivity index (χ0v) is 13.1. The molecule has 0 spiro atoms. The van der Waals surface area contributed by atoms with Gasteiger partial charge < -0.3 is 10.2 Å². The van der Waals surface area contributed by atoms with Gasteiger partial charge in [0.1, 0.15) is 0 Å². The van der Waals surface area contributed by atoms with Crippen molar-refractivity contribution in [3.8, 4) is 0 Å². The Hall–Kier alpha value is -0.860. The standard InChI is InChI=1S/C17H30N2/c1-5-7-13-19(6-2)14-12-17(18-4)16-11-9-8-10-15(16)3/h8-11,17-18H,5-7,12-14H2,1-4H3. The van der Waals surface area contributed by atoms with E-state index in [2.05, 4.69) is 62.3 Å². The first kappa shape index (κ1) is 16.2. The number of unbranched alkanes of at least 4 members (excludes halogenated alkanes) is 1. The second-order valence-corrected chi connectivity index (χ2v) is 5.27. The van der Waals surface area contributed by atoms with E-state index < -0.39 is 0 Å². The molecule has 1 N–H and O–H groups in total. The van der Waals surface area contributed by atoms with E-state index in [0.29, 0.717) is 6.04 Å². The van der Waals surface area contributed by atoms with Gasteiger partial charge in [0.2, 0.25) is 0 Å². The molecule has 0 fully saturated rings. The third-order valence-electron chi connectivity index (χ3n) is 3.92. The third kappa shape index (κ3) is 5.33. The van der Waals surface area contributed by atoms with Crippen LogP contribution in [0.25, 0.3) is 0 Å². The van der Waals surface area contributed by atoms with Gasteiger partial charge in [0.25, 0.3) is 0 Å². The molecule has 2 nitrogen and oxygen atoms in total. The van der Waals surface area contributed by atoms with E-state index in [-0.39, 0.29) is 0 Å². The van der Waals surface area contributed by atoms with Gasteiger partial charge in [-0.2, -0.15) is 0 Å². The molecule has 0 aliphatic carbocycles. The van der Waals surface area contributed by atoms with Crippen LogP contribution in [-0.2, 0) is 0 Å². The van der Waals surface area contributed by atoms with Gasteiger partial charge in [-0.25, -0.2) is 0 Å². The molecule has 1 aromatic rings. The Labute approximate surface area is 119 Å². The van der Waals surface area contributed by atoms with E-state index in [4.69, 9.17) is 0 Å². The molecule has 2 heteroatoms. The molecular formula is C17H30N2. The Morgan fingerprint density at radius 3 is 2.47 bits per heavy atom. The van der Waals surface area contributed by atoms with Crippen LogP contribution in [-0.4, -0.2) is 31.6 Å². The zero-order valence-electron chi connectivity index (χ0n) is 13.1. The highest BCUT2D eigenvalue weighted by molar-refractivity contribution is 5.28. The number of rotatable bonds is 9. The van der Waals surface area contributed by atoms with Crippen LogP contribution in [0.5, 0.6) is 0 Å². The summed E-state index contributed by atoms with van der Waals surface area (Å²) in [7, 11) is 2.07. The smallest absolute Gasteiger partial charge is 0.0332 e. The topological polar surface area (TPSA) is 15.3 Å². The fraction of sp³-hybridized carbons (Fsp3) is 0.647. The third-order valence-corrected chi connectivity index (χ3v) is 3.92. The lowest BCUT2D eigenvalue weighted by Gasteiger charge is -2.24. The maximum Gasteiger partial charge on any atom is 0.0332 e. The predicted octanol–water partition coefficient (Wildman–Crippen LogP) is 3.77. The SMILES string of the molecule is CCCCN(CC)CCC(NC)c1ccccc1C. The number of hydrogen-bond donors (Lipinski definition) is 1. The lowest BCUT2D eigenvalue weighted by Crippen LogP contribution is -2.29. The molecule has 1 unspecified atom stereocenters. The molecule has 1 atom stereocenters. The maximum absolute atomic E-state index is 3.47. The molecule has 0 saturated carbocycles. The Morgan fingerprint density at radius 1 is 1.16 bits per heavy atom. The molecule has 0 amide bonds. The number of nitrogens with zero attached hydrogens (tertiary/aromatic N) is 1. The van der Waals surface area contributed by atoms with Crippen LogP contribution in [0, 0.1) is 6.92 Å². The van der Waals surface area contributed by atoms with Crippen LogP contribution in [0.4, 0.5) is 0 Å². The molecule has 1 aromatic carbocycles. The van der Waals surface area contributed by atoms with Crippen molar-refractivity contribution in [3.63, 3.8) is 0 Å². The van der Waals surface area contributed by atoms with E-state index >= 15 is 0 Å². The molecule has 0 saturated heterocycles. The van der Waals surface area contributed by atoms with Crippen LogP contribution < -0.4 is 5.32 Å². The van der Waals surface area contributed by atoms with Crippen molar-refractivity contribution in [2.75, 3.05) is 26.7 Å². The minimum absolute atomic E-state index is 0.469. The van der Waals surface area contributed by atoms with Gasteiger partial charge in [-0.3, -0.25) is 0 Å². The van der Waals surface area contributed by atoms with Crippen molar-refractivity contribution in [3.05, 3.63) is 35.4 Å². The summed E-state index contributed by atoms with van der Waals surface area (Å²) in [6.45, 7) is 10.3. The van der Waals surface area contributed by atoms with Crippen molar-refractivity contribution in [1.82, 2.24) is 10.2 Å². The minimum atomic E-state index is 0.469. The molecule has 0 heterocycles. The molecule has 1 rings (SSSR count). The molecule has 108 valence electrons. The normalized spacial score (nSPS) is 12.9. The number of hydrogen-bond acceptors (Lipinski definition) is 2. The van der Waals surface area contributed by atoms with Gasteiger partial charge in [-0.15, -0.1) is 0 Å². The fourth-order valence-electron chi connectivity index (χ4n) is 2.55. The molecule has 0 aliphatic rings. The molecule has 0 aliphatic heterocycles. The minimum Gasteiger partial charge on any atom is -0.313 e. The van der Waals surface area contributed by atoms with Gasteiger partial charge in [0, 0.05) is 6.04 Å². The van der Waals surface area contributed by atoms with Crippen molar-refractivity contribution in [1.29, 1.82) is 0 Å². The van der Waals surface area contributed by atoms with Gasteiger partial charge in [0.15, 0.2) is 0 Å². The Bertz CT molecular complexity index is 349. The first-order valence-electron chi connectivity index (χ1n) is 7.68. The average molecular weight is 262 g/mol. The fourth-order valence-corrected chi connectivity index (χ4v) is 2.55. The second-order valence-electron chi connectivity index (χ2n) is 5.27. The van der Waals surface area contributed by atoms with Gasteiger partial charge in [-0.1, -0.05) is 44.5 Å². The Kier molecular flexibility index (Phi) is 7.76. The monoisotopic (exact) mass is 262 g/mol. The maximum atomic E-state index is 3.47. The van der Waals surface area contributed by atoms with Crippen LogP contribution in [0.1, 0.15) is 50.3 Å². The van der Waals surface area contributed by atoms with Crippen LogP contribution in [0.2, 0.25) is 0 Å². The highest BCUT2D eigenvalue weighted by Gasteiger charge is 2.12. The number of benzene rings is 1. The summed E-state index contributed by atoms with van der Waals surface area (Å²) in [5.74, 6) is 0. The lowest BCUT2D eigenvalue weighted by molar-refractivity contribution is 0.267. The zero-order chi connectivity index (χ0) is 14.1. The van der Waals surface area contributed by atoms with Crippen molar-refractivity contribution < 1.29 is 0 Å². The van der Waals surface area contributed by atoms with Gasteiger partial charge >= 0.3 is 0 Å². The van der Waals surface area contributed by atoms with Crippen molar-refractivity contribution >= 4 is 0 Å². The van der Waals surface area contributed by atoms with E-state index in [1.165, 1.54) is 43.5 Å². The first-order chi connectivity index (χ1) is 9.22. The van der Waals surface area contributed by atoms with Crippen LogP contribution in [0.15, 0.2) is 24.3 Å². The van der Waals surface area contributed by atoms with E-state index in [9.17, 15) is 0 Å². The van der Waals surface area contributed by atoms with Gasteiger partial charge in [-0.05, 0) is 57.6 Å². The molecule has 0 radical (unpaired) electrons. The number of nitrogens with one attached hydrogen (secondary N) is 1. The van der Waals surface area contributed by atoms with Crippen LogP contribution >= 0.6 is 0 Å². The Morgan fingerprint density at radius 2 is 1.89 bits per heavy atom. The summed E-state index contributed by atoms with van der Waals surface area (Å²) < 4.78 is 0. The van der Waals surface area contributed by atoms with Crippen LogP contribution in [0.3, 0.4) is 0 Å². The average Bonchev–Trinajstić information content (AvgIpc) is 2.44. The molecule has 0 bridgehead atoms. The number of aryl methyl sites for hydroxylation is 1.